The molecular formula is C26H13F12N3O3. The molecule has 0 aliphatic rings. The van der Waals surface area contributed by atoms with Crippen molar-refractivity contribution in [1.29, 1.82) is 0 Å². The number of alkyl halides is 12. The van der Waals surface area contributed by atoms with Gasteiger partial charge in [0.15, 0.2) is 0 Å². The van der Waals surface area contributed by atoms with Crippen molar-refractivity contribution in [2.75, 3.05) is 0 Å². The Hall–Kier alpha value is -4.77. The number of halogens is 12. The van der Waals surface area contributed by atoms with Crippen LogP contribution in [0.2, 0.25) is 0 Å². The van der Waals surface area contributed by atoms with Gasteiger partial charge < -0.3 is 0 Å². The van der Waals surface area contributed by atoms with E-state index in [1.807, 2.05) is 0 Å². The number of hydrogen-bond donors (Lipinski definition) is 0. The summed E-state index contributed by atoms with van der Waals surface area (Å²) in [5.74, 6) is 0. The molecule has 0 saturated heterocycles. The molecule has 4 rings (SSSR count). The van der Waals surface area contributed by atoms with Crippen molar-refractivity contribution in [3.05, 3.63) is 120 Å². The third-order valence-electron chi connectivity index (χ3n) is 6.17. The van der Waals surface area contributed by atoms with Crippen LogP contribution < -0.4 is 17.1 Å². The Kier molecular flexibility index (Phi) is 7.63. The molecule has 0 bridgehead atoms. The van der Waals surface area contributed by atoms with Gasteiger partial charge in [-0.25, -0.2) is 28.1 Å². The molecule has 6 nitrogen and oxygen atoms in total. The van der Waals surface area contributed by atoms with E-state index < -0.39 is 90.2 Å². The highest BCUT2D eigenvalue weighted by atomic mass is 19.4. The highest BCUT2D eigenvalue weighted by molar-refractivity contribution is 5.46. The van der Waals surface area contributed by atoms with Crippen molar-refractivity contribution in [3.63, 3.8) is 0 Å². The number of rotatable bonds is 3. The highest BCUT2D eigenvalue weighted by Gasteiger charge is 2.39. The second-order valence-electron chi connectivity index (χ2n) is 9.17. The summed E-state index contributed by atoms with van der Waals surface area (Å²) in [4.78, 5) is 40.5. The average Bonchev–Trinajstić information content (AvgIpc) is 2.87. The molecule has 0 amide bonds. The van der Waals surface area contributed by atoms with Crippen LogP contribution in [-0.4, -0.2) is 13.7 Å². The summed E-state index contributed by atoms with van der Waals surface area (Å²) in [5.41, 5.74) is -17.3. The molecule has 0 unspecified atom stereocenters. The summed E-state index contributed by atoms with van der Waals surface area (Å²) >= 11 is 0. The van der Waals surface area contributed by atoms with Gasteiger partial charge in [-0.2, -0.15) is 52.7 Å². The van der Waals surface area contributed by atoms with Crippen molar-refractivity contribution >= 4 is 0 Å². The lowest BCUT2D eigenvalue weighted by atomic mass is 10.1. The maximum atomic E-state index is 13.6. The van der Waals surface area contributed by atoms with Crippen LogP contribution in [0.25, 0.3) is 17.1 Å². The largest absolute Gasteiger partial charge is 0.416 e. The number of para-hydroxylation sites is 1. The van der Waals surface area contributed by atoms with Gasteiger partial charge >= 0.3 is 41.8 Å². The molecule has 1 heterocycles. The third-order valence-corrected chi connectivity index (χ3v) is 6.17. The van der Waals surface area contributed by atoms with E-state index in [0.29, 0.717) is 0 Å². The minimum atomic E-state index is -5.49. The van der Waals surface area contributed by atoms with Crippen LogP contribution in [0.15, 0.2) is 75.0 Å². The molecule has 0 saturated carbocycles. The van der Waals surface area contributed by atoms with E-state index in [1.54, 1.807) is 0 Å². The first-order chi connectivity index (χ1) is 20.0. The van der Waals surface area contributed by atoms with Crippen LogP contribution in [0.1, 0.15) is 27.8 Å². The van der Waals surface area contributed by atoms with E-state index in [2.05, 4.69) is 0 Å². The Morgan fingerprint density at radius 1 is 0.455 bits per heavy atom. The Balaban J connectivity index is 2.27. The second-order valence-corrected chi connectivity index (χ2v) is 9.17. The smallest absolute Gasteiger partial charge is 0.246 e. The minimum absolute atomic E-state index is 0.0117. The van der Waals surface area contributed by atoms with Crippen LogP contribution in [0, 0.1) is 6.92 Å². The zero-order chi connectivity index (χ0) is 33.2. The van der Waals surface area contributed by atoms with Crippen molar-refractivity contribution in [2.24, 2.45) is 0 Å². The van der Waals surface area contributed by atoms with E-state index >= 15 is 0 Å². The van der Waals surface area contributed by atoms with Crippen LogP contribution in [0.5, 0.6) is 0 Å². The van der Waals surface area contributed by atoms with E-state index in [1.165, 1.54) is 25.1 Å². The molecular weight excluding hydrogens is 630 g/mol. The zero-order valence-corrected chi connectivity index (χ0v) is 21.4. The molecule has 0 fully saturated rings. The zero-order valence-electron chi connectivity index (χ0n) is 21.4. The van der Waals surface area contributed by atoms with Gasteiger partial charge in [0.2, 0.25) is 0 Å². The Labute approximate surface area is 235 Å². The summed E-state index contributed by atoms with van der Waals surface area (Å²) < 4.78 is 162. The minimum Gasteiger partial charge on any atom is -0.246 e. The van der Waals surface area contributed by atoms with Crippen molar-refractivity contribution < 1.29 is 52.7 Å². The molecule has 4 aromatic rings. The molecule has 0 N–H and O–H groups in total. The highest BCUT2D eigenvalue weighted by Crippen LogP contribution is 2.38. The van der Waals surface area contributed by atoms with Crippen LogP contribution >= 0.6 is 0 Å². The number of aryl methyl sites for hydroxylation is 1. The predicted molar refractivity (Wildman–Crippen MR) is 128 cm³/mol. The van der Waals surface area contributed by atoms with Gasteiger partial charge in [0.1, 0.15) is 0 Å². The van der Waals surface area contributed by atoms with Gasteiger partial charge in [0.05, 0.1) is 39.3 Å². The fourth-order valence-corrected chi connectivity index (χ4v) is 4.14. The summed E-state index contributed by atoms with van der Waals surface area (Å²) in [6.07, 6.45) is -22.0. The van der Waals surface area contributed by atoms with E-state index in [4.69, 9.17) is 0 Å². The van der Waals surface area contributed by atoms with Crippen molar-refractivity contribution in [3.8, 4) is 17.1 Å². The molecule has 0 atom stereocenters. The first kappa shape index (κ1) is 32.2. The molecule has 234 valence electrons. The lowest BCUT2D eigenvalue weighted by molar-refractivity contribution is -0.144. The van der Waals surface area contributed by atoms with Gasteiger partial charge in [0.25, 0.3) is 0 Å². The molecule has 18 heteroatoms. The predicted octanol–water partition coefficient (Wildman–Crippen LogP) is 6.52. The maximum Gasteiger partial charge on any atom is 0.416 e. The second kappa shape index (κ2) is 10.4. The van der Waals surface area contributed by atoms with E-state index in [0.717, 1.165) is 6.07 Å². The quantitative estimate of drug-likeness (QED) is 0.239. The summed E-state index contributed by atoms with van der Waals surface area (Å²) in [5, 5.41) is 0. The van der Waals surface area contributed by atoms with E-state index in [-0.39, 0.29) is 46.5 Å². The number of aromatic nitrogens is 3. The number of benzene rings is 3. The van der Waals surface area contributed by atoms with Crippen LogP contribution in [-0.2, 0) is 24.7 Å². The molecule has 44 heavy (non-hydrogen) atoms. The topological polar surface area (TPSA) is 66.0 Å². The Morgan fingerprint density at radius 2 is 0.750 bits per heavy atom. The standard InChI is InChI=1S/C26H13F12N3O3/c1-12-4-2-3-5-19(12)41-21(43)39(17-8-13(23(27,28)29)6-14(9-17)24(30,31)32)20(42)40(22(41)44)18-10-15(25(33,34)35)7-16(11-18)26(36,37)38/h2-11H,1H3. The van der Waals surface area contributed by atoms with Gasteiger partial charge in [-0.05, 0) is 55.0 Å². The lowest BCUT2D eigenvalue weighted by Crippen LogP contribution is -2.53. The average molecular weight is 643 g/mol. The van der Waals surface area contributed by atoms with Gasteiger partial charge in [-0.1, -0.05) is 18.2 Å². The van der Waals surface area contributed by atoms with Crippen LogP contribution in [0.3, 0.4) is 0 Å². The summed E-state index contributed by atoms with van der Waals surface area (Å²) in [6, 6.07) is 3.82. The monoisotopic (exact) mass is 643 g/mol. The Morgan fingerprint density at radius 3 is 1.05 bits per heavy atom. The Bertz CT molecular complexity index is 1760. The summed E-state index contributed by atoms with van der Waals surface area (Å²) in [7, 11) is 0. The number of hydrogen-bond acceptors (Lipinski definition) is 3. The normalized spacial score (nSPS) is 12.9. The molecule has 0 spiro atoms. The van der Waals surface area contributed by atoms with Gasteiger partial charge in [-0.15, -0.1) is 0 Å². The first-order valence-corrected chi connectivity index (χ1v) is 11.7. The van der Waals surface area contributed by atoms with Crippen molar-refractivity contribution in [1.82, 2.24) is 13.7 Å². The fraction of sp³-hybridized carbons (Fsp3) is 0.192. The molecule has 3 aromatic carbocycles. The molecule has 0 aliphatic carbocycles. The summed E-state index contributed by atoms with van der Waals surface area (Å²) in [6.45, 7) is 1.26. The van der Waals surface area contributed by atoms with Gasteiger partial charge in [-0.3, -0.25) is 0 Å². The van der Waals surface area contributed by atoms with Gasteiger partial charge in [0, 0.05) is 0 Å². The third kappa shape index (κ3) is 6.00. The first-order valence-electron chi connectivity index (χ1n) is 11.7. The SMILES string of the molecule is Cc1ccccc1-n1c(=O)n(-c2cc(C(F)(F)F)cc(C(F)(F)F)c2)c(=O)n(-c2cc(C(F)(F)F)cc(C(F)(F)F)c2)c1=O. The molecule has 0 radical (unpaired) electrons. The lowest BCUT2D eigenvalue weighted by Gasteiger charge is -2.19. The fourth-order valence-electron chi connectivity index (χ4n) is 4.14. The van der Waals surface area contributed by atoms with E-state index in [9.17, 15) is 67.1 Å². The number of nitrogens with zero attached hydrogens (tertiary/aromatic N) is 3. The van der Waals surface area contributed by atoms with Crippen molar-refractivity contribution in [2.45, 2.75) is 31.6 Å². The maximum absolute atomic E-state index is 13.6. The molecule has 1 aromatic heterocycles. The molecule has 0 aliphatic heterocycles. The van der Waals surface area contributed by atoms with Crippen LogP contribution in [0.4, 0.5) is 52.7 Å².